The van der Waals surface area contributed by atoms with E-state index in [1.807, 2.05) is 4.90 Å². The highest BCUT2D eigenvalue weighted by molar-refractivity contribution is 7.89. The highest BCUT2D eigenvalue weighted by Gasteiger charge is 2.32. The number of halogens is 3. The van der Waals surface area contributed by atoms with Crippen LogP contribution in [0.4, 0.5) is 18.9 Å². The van der Waals surface area contributed by atoms with Crippen LogP contribution in [0.2, 0.25) is 0 Å². The Balaban J connectivity index is 0.000000678. The SMILES string of the molecule is Cc1n[nH]c(C)c1NC(=O)CN1CCN(S(=O)(=O)c2ccc(C(F)(F)F)cc2)CC1.O=C(O)C(=O)O. The molecule has 2 aromatic rings. The number of H-pyrrole nitrogens is 1. The van der Waals surface area contributed by atoms with Crippen LogP contribution < -0.4 is 5.32 Å². The number of hydrogen-bond donors (Lipinski definition) is 4. The highest BCUT2D eigenvalue weighted by Crippen LogP contribution is 2.30. The minimum atomic E-state index is -4.53. The van der Waals surface area contributed by atoms with Gasteiger partial charge in [-0.1, -0.05) is 0 Å². The van der Waals surface area contributed by atoms with Crippen LogP contribution in [0.25, 0.3) is 0 Å². The van der Waals surface area contributed by atoms with E-state index in [1.165, 1.54) is 4.31 Å². The number of amides is 1. The number of benzene rings is 1. The summed E-state index contributed by atoms with van der Waals surface area (Å²) in [6, 6.07) is 3.45. The van der Waals surface area contributed by atoms with Gasteiger partial charge in [0.25, 0.3) is 0 Å². The van der Waals surface area contributed by atoms with Crippen molar-refractivity contribution in [2.45, 2.75) is 24.9 Å². The molecule has 198 valence electrons. The van der Waals surface area contributed by atoms with Crippen LogP contribution in [0.5, 0.6) is 0 Å². The van der Waals surface area contributed by atoms with Crippen molar-refractivity contribution in [3.8, 4) is 0 Å². The van der Waals surface area contributed by atoms with Crippen molar-refractivity contribution in [3.63, 3.8) is 0 Å². The summed E-state index contributed by atoms with van der Waals surface area (Å²) in [5.74, 6) is -3.88. The van der Waals surface area contributed by atoms with Gasteiger partial charge in [-0.25, -0.2) is 18.0 Å². The van der Waals surface area contributed by atoms with Crippen LogP contribution in [0.3, 0.4) is 0 Å². The molecule has 16 heteroatoms. The van der Waals surface area contributed by atoms with Gasteiger partial charge in [-0.15, -0.1) is 0 Å². The number of alkyl halides is 3. The topological polar surface area (TPSA) is 173 Å². The molecule has 1 saturated heterocycles. The van der Waals surface area contributed by atoms with Gasteiger partial charge in [-0.2, -0.15) is 22.6 Å². The highest BCUT2D eigenvalue weighted by atomic mass is 32.2. The molecule has 12 nitrogen and oxygen atoms in total. The minimum absolute atomic E-state index is 0.0955. The summed E-state index contributed by atoms with van der Waals surface area (Å²) >= 11 is 0. The second kappa shape index (κ2) is 11.5. The predicted octanol–water partition coefficient (Wildman–Crippen LogP) is 1.15. The number of rotatable bonds is 5. The summed E-state index contributed by atoms with van der Waals surface area (Å²) in [5, 5.41) is 24.4. The number of nitrogens with zero attached hydrogens (tertiary/aromatic N) is 3. The first-order valence-corrected chi connectivity index (χ1v) is 11.7. The Hall–Kier alpha value is -3.50. The molecule has 1 aromatic heterocycles. The number of hydrogen-bond acceptors (Lipinski definition) is 7. The number of carboxylic acid groups (broad SMARTS) is 2. The normalized spacial score (nSPS) is 15.0. The van der Waals surface area contributed by atoms with E-state index in [1.54, 1.807) is 13.8 Å². The smallest absolute Gasteiger partial charge is 0.416 e. The molecule has 36 heavy (non-hydrogen) atoms. The maximum Gasteiger partial charge on any atom is 0.416 e. The van der Waals surface area contributed by atoms with Gasteiger partial charge in [0.2, 0.25) is 15.9 Å². The zero-order valence-corrected chi connectivity index (χ0v) is 20.0. The van der Waals surface area contributed by atoms with Gasteiger partial charge in [-0.05, 0) is 38.1 Å². The van der Waals surface area contributed by atoms with Crippen LogP contribution in [-0.4, -0.2) is 88.6 Å². The second-order valence-electron chi connectivity index (χ2n) is 7.67. The minimum Gasteiger partial charge on any atom is -0.473 e. The molecule has 3 rings (SSSR count). The number of aromatic nitrogens is 2. The Morgan fingerprint density at radius 1 is 1.03 bits per heavy atom. The number of carboxylic acids is 2. The van der Waals surface area contributed by atoms with Crippen LogP contribution >= 0.6 is 0 Å². The number of aliphatic carboxylic acids is 2. The molecule has 0 spiro atoms. The predicted molar refractivity (Wildman–Crippen MR) is 119 cm³/mol. The third kappa shape index (κ3) is 7.50. The summed E-state index contributed by atoms with van der Waals surface area (Å²) in [7, 11) is -3.90. The molecule has 4 N–H and O–H groups in total. The number of anilines is 1. The molecule has 0 bridgehead atoms. The van der Waals surface area contributed by atoms with Gasteiger partial charge in [0.05, 0.1) is 34.1 Å². The molecule has 0 saturated carbocycles. The van der Waals surface area contributed by atoms with E-state index < -0.39 is 33.7 Å². The zero-order valence-electron chi connectivity index (χ0n) is 19.2. The monoisotopic (exact) mass is 535 g/mol. The Morgan fingerprint density at radius 3 is 1.97 bits per heavy atom. The molecule has 1 aliphatic heterocycles. The van der Waals surface area contributed by atoms with Crippen LogP contribution in [0.15, 0.2) is 29.2 Å². The number of aryl methyl sites for hydroxylation is 2. The Morgan fingerprint density at radius 2 is 1.56 bits per heavy atom. The molecule has 0 radical (unpaired) electrons. The van der Waals surface area contributed by atoms with E-state index >= 15 is 0 Å². The average molecular weight is 536 g/mol. The molecular weight excluding hydrogens is 511 g/mol. The van der Waals surface area contributed by atoms with Gasteiger partial charge >= 0.3 is 18.1 Å². The maximum atomic E-state index is 12.7. The molecule has 1 amide bonds. The lowest BCUT2D eigenvalue weighted by Gasteiger charge is -2.33. The van der Waals surface area contributed by atoms with Crippen LogP contribution in [0.1, 0.15) is 17.0 Å². The van der Waals surface area contributed by atoms with Crippen molar-refractivity contribution < 1.29 is 46.2 Å². The summed E-state index contributed by atoms with van der Waals surface area (Å²) in [4.78, 5) is 32.1. The van der Waals surface area contributed by atoms with Crippen molar-refractivity contribution in [2.24, 2.45) is 0 Å². The van der Waals surface area contributed by atoms with Crippen molar-refractivity contribution in [1.82, 2.24) is 19.4 Å². The van der Waals surface area contributed by atoms with Gasteiger partial charge in [0.15, 0.2) is 0 Å². The number of sulfonamides is 1. The lowest BCUT2D eigenvalue weighted by atomic mass is 10.2. The summed E-state index contributed by atoms with van der Waals surface area (Å²) in [5.41, 5.74) is 1.14. The fraction of sp³-hybridized carbons (Fsp3) is 0.400. The standard InChI is InChI=1S/C18H22F3N5O3S.C2H2O4/c1-12-17(13(2)24-23-12)22-16(27)11-25-7-9-26(10-8-25)30(28,29)15-5-3-14(4-6-15)18(19,20)21;3-1(4)2(5)6/h3-6H,7-11H2,1-2H3,(H,22,27)(H,23,24);(H,3,4)(H,5,6). The van der Waals surface area contributed by atoms with E-state index in [0.29, 0.717) is 24.5 Å². The fourth-order valence-electron chi connectivity index (χ4n) is 3.21. The molecule has 0 unspecified atom stereocenters. The van der Waals surface area contributed by atoms with Crippen LogP contribution in [-0.2, 0) is 30.6 Å². The lowest BCUT2D eigenvalue weighted by molar-refractivity contribution is -0.159. The van der Waals surface area contributed by atoms with E-state index in [2.05, 4.69) is 15.5 Å². The molecule has 2 heterocycles. The number of piperazine rings is 1. The zero-order chi connectivity index (χ0) is 27.3. The Bertz CT molecular complexity index is 1170. The van der Waals surface area contributed by atoms with Crippen molar-refractivity contribution >= 4 is 33.6 Å². The van der Waals surface area contributed by atoms with Crippen molar-refractivity contribution in [3.05, 3.63) is 41.2 Å². The first kappa shape index (κ1) is 28.7. The van der Waals surface area contributed by atoms with Crippen molar-refractivity contribution in [1.29, 1.82) is 0 Å². The second-order valence-corrected chi connectivity index (χ2v) is 9.61. The maximum absolute atomic E-state index is 12.7. The Kier molecular flexibility index (Phi) is 9.17. The third-order valence-electron chi connectivity index (χ3n) is 5.09. The first-order chi connectivity index (χ1) is 16.6. The summed E-state index contributed by atoms with van der Waals surface area (Å²) in [6.07, 6.45) is -4.53. The van der Waals surface area contributed by atoms with Crippen LogP contribution in [0, 0.1) is 13.8 Å². The molecular formula is C20H24F3N5O7S. The van der Waals surface area contributed by atoms with E-state index in [-0.39, 0.29) is 30.4 Å². The molecule has 1 aromatic carbocycles. The first-order valence-electron chi connectivity index (χ1n) is 10.3. The quantitative estimate of drug-likeness (QED) is 0.410. The third-order valence-corrected chi connectivity index (χ3v) is 7.01. The Labute approximate surface area is 203 Å². The molecule has 1 aliphatic rings. The van der Waals surface area contributed by atoms with Gasteiger partial charge in [0, 0.05) is 26.2 Å². The number of nitrogens with one attached hydrogen (secondary N) is 2. The average Bonchev–Trinajstić information content (AvgIpc) is 3.11. The van der Waals surface area contributed by atoms with Gasteiger partial charge in [0.1, 0.15) is 0 Å². The number of aromatic amines is 1. The van der Waals surface area contributed by atoms with Crippen molar-refractivity contribution in [2.75, 3.05) is 38.0 Å². The van der Waals surface area contributed by atoms with Gasteiger partial charge < -0.3 is 15.5 Å². The summed E-state index contributed by atoms with van der Waals surface area (Å²) < 4.78 is 64.7. The van der Waals surface area contributed by atoms with E-state index in [0.717, 1.165) is 30.0 Å². The molecule has 0 aliphatic carbocycles. The van der Waals surface area contributed by atoms with Gasteiger partial charge in [-0.3, -0.25) is 14.8 Å². The summed E-state index contributed by atoms with van der Waals surface area (Å²) in [6.45, 7) is 4.59. The van der Waals surface area contributed by atoms with E-state index in [9.17, 15) is 26.4 Å². The lowest BCUT2D eigenvalue weighted by Crippen LogP contribution is -2.50. The van der Waals surface area contributed by atoms with E-state index in [4.69, 9.17) is 19.8 Å². The number of carbonyl (C=O) groups excluding carboxylic acids is 1. The molecule has 0 atom stereocenters. The largest absolute Gasteiger partial charge is 0.473 e. The number of carbonyl (C=O) groups is 3. The fourth-order valence-corrected chi connectivity index (χ4v) is 4.63. The molecule has 1 fully saturated rings.